The van der Waals surface area contributed by atoms with E-state index < -0.39 is 5.91 Å². The van der Waals surface area contributed by atoms with Gasteiger partial charge in [-0.25, -0.2) is 4.68 Å². The molecule has 0 atom stereocenters. The number of hydrogen-bond acceptors (Lipinski definition) is 4. The van der Waals surface area contributed by atoms with E-state index in [-0.39, 0.29) is 11.2 Å². The van der Waals surface area contributed by atoms with Crippen LogP contribution in [0.5, 0.6) is 11.5 Å². The van der Waals surface area contributed by atoms with Crippen LogP contribution in [0.4, 0.5) is 5.69 Å². The van der Waals surface area contributed by atoms with Crippen LogP contribution in [0.1, 0.15) is 31.0 Å². The molecule has 0 spiro atoms. The number of carbonyl (C=O) groups is 1. The van der Waals surface area contributed by atoms with Gasteiger partial charge in [-0.3, -0.25) is 14.3 Å². The maximum Gasteiger partial charge on any atom is 0.295 e. The molecule has 0 aliphatic carbocycles. The average Bonchev–Trinajstić information content (AvgIpc) is 3.02. The standard InChI is InChI=1S/C25H29N3O4/c1-5-6-16-32-21-14-12-19(17-22(21)31-4)13-15-23(29)26-24-18(2)27(3)28(25(24)30)20-10-8-7-9-11-20/h7-15,17H,5-6,16H2,1-4H3,(H,26,29)/b15-13+. The van der Waals surface area contributed by atoms with E-state index in [9.17, 15) is 9.59 Å². The van der Waals surface area contributed by atoms with Crippen molar-refractivity contribution < 1.29 is 14.3 Å². The van der Waals surface area contributed by atoms with Gasteiger partial charge in [0.05, 0.1) is 25.1 Å². The number of ether oxygens (including phenoxy) is 2. The first-order chi connectivity index (χ1) is 15.5. The second-order valence-corrected chi connectivity index (χ2v) is 7.37. The minimum absolute atomic E-state index is 0.253. The third-order valence-electron chi connectivity index (χ3n) is 5.17. The molecule has 32 heavy (non-hydrogen) atoms. The predicted octanol–water partition coefficient (Wildman–Crippen LogP) is 4.32. The smallest absolute Gasteiger partial charge is 0.295 e. The topological polar surface area (TPSA) is 74.5 Å². The van der Waals surface area contributed by atoms with E-state index in [0.29, 0.717) is 23.8 Å². The highest BCUT2D eigenvalue weighted by Crippen LogP contribution is 2.28. The SMILES string of the molecule is CCCCOc1ccc(/C=C/C(=O)Nc2c(C)n(C)n(-c3ccccc3)c2=O)cc1OC. The van der Waals surface area contributed by atoms with Crippen molar-refractivity contribution in [2.24, 2.45) is 7.05 Å². The second kappa shape index (κ2) is 10.5. The summed E-state index contributed by atoms with van der Waals surface area (Å²) in [5, 5.41) is 2.72. The van der Waals surface area contributed by atoms with Crippen LogP contribution in [-0.4, -0.2) is 29.0 Å². The van der Waals surface area contributed by atoms with E-state index >= 15 is 0 Å². The summed E-state index contributed by atoms with van der Waals surface area (Å²) in [4.78, 5) is 25.5. The Bertz CT molecular complexity index is 1160. The van der Waals surface area contributed by atoms with Crippen LogP contribution in [0.25, 0.3) is 11.8 Å². The Balaban J connectivity index is 1.76. The molecule has 7 nitrogen and oxygen atoms in total. The molecule has 0 saturated heterocycles. The summed E-state index contributed by atoms with van der Waals surface area (Å²) in [5.74, 6) is 0.885. The Morgan fingerprint density at radius 3 is 2.56 bits per heavy atom. The van der Waals surface area contributed by atoms with Gasteiger partial charge in [-0.15, -0.1) is 0 Å². The van der Waals surface area contributed by atoms with Gasteiger partial charge in [0.1, 0.15) is 5.69 Å². The minimum Gasteiger partial charge on any atom is -0.493 e. The number of benzene rings is 2. The number of rotatable bonds is 9. The molecule has 0 saturated carbocycles. The summed E-state index contributed by atoms with van der Waals surface area (Å²) in [6, 6.07) is 14.8. The molecule has 1 amide bonds. The van der Waals surface area contributed by atoms with Gasteiger partial charge in [0.15, 0.2) is 11.5 Å². The zero-order valence-corrected chi connectivity index (χ0v) is 18.9. The van der Waals surface area contributed by atoms with Crippen molar-refractivity contribution in [3.8, 4) is 17.2 Å². The van der Waals surface area contributed by atoms with Gasteiger partial charge in [0.2, 0.25) is 5.91 Å². The van der Waals surface area contributed by atoms with Crippen molar-refractivity contribution in [3.63, 3.8) is 0 Å². The lowest BCUT2D eigenvalue weighted by atomic mass is 10.2. The Kier molecular flexibility index (Phi) is 7.54. The largest absolute Gasteiger partial charge is 0.493 e. The lowest BCUT2D eigenvalue weighted by molar-refractivity contribution is -0.111. The van der Waals surface area contributed by atoms with Gasteiger partial charge >= 0.3 is 0 Å². The number of amides is 1. The van der Waals surface area contributed by atoms with E-state index in [0.717, 1.165) is 24.1 Å². The van der Waals surface area contributed by atoms with Crippen LogP contribution in [0, 0.1) is 6.92 Å². The molecule has 1 N–H and O–H groups in total. The zero-order valence-electron chi connectivity index (χ0n) is 18.9. The first-order valence-electron chi connectivity index (χ1n) is 10.6. The molecule has 0 aliphatic heterocycles. The van der Waals surface area contributed by atoms with Crippen LogP contribution in [0.2, 0.25) is 0 Å². The summed E-state index contributed by atoms with van der Waals surface area (Å²) in [6.45, 7) is 4.52. The predicted molar refractivity (Wildman–Crippen MR) is 127 cm³/mol. The maximum absolute atomic E-state index is 12.9. The van der Waals surface area contributed by atoms with E-state index in [1.54, 1.807) is 37.9 Å². The highest BCUT2D eigenvalue weighted by Gasteiger charge is 2.17. The minimum atomic E-state index is -0.391. The summed E-state index contributed by atoms with van der Waals surface area (Å²) in [7, 11) is 3.36. The van der Waals surface area contributed by atoms with Crippen LogP contribution >= 0.6 is 0 Å². The summed E-state index contributed by atoms with van der Waals surface area (Å²) in [5.41, 5.74) is 2.14. The fourth-order valence-electron chi connectivity index (χ4n) is 3.28. The summed E-state index contributed by atoms with van der Waals surface area (Å²) in [6.07, 6.45) is 5.08. The van der Waals surface area contributed by atoms with E-state index in [2.05, 4.69) is 12.2 Å². The number of carbonyl (C=O) groups excluding carboxylic acids is 1. The maximum atomic E-state index is 12.9. The Hall–Kier alpha value is -3.74. The molecule has 2 aromatic carbocycles. The van der Waals surface area contributed by atoms with E-state index in [1.165, 1.54) is 10.8 Å². The number of aromatic nitrogens is 2. The van der Waals surface area contributed by atoms with Crippen LogP contribution in [0.15, 0.2) is 59.4 Å². The number of unbranched alkanes of at least 4 members (excludes halogenated alkanes) is 1. The molecule has 3 rings (SSSR count). The molecule has 1 heterocycles. The second-order valence-electron chi connectivity index (χ2n) is 7.37. The molecule has 7 heteroatoms. The normalized spacial score (nSPS) is 11.0. The molecule has 1 aromatic heterocycles. The molecule has 0 bridgehead atoms. The molecular formula is C25H29N3O4. The molecule has 168 valence electrons. The Morgan fingerprint density at radius 2 is 1.88 bits per heavy atom. The Labute approximate surface area is 187 Å². The quantitative estimate of drug-likeness (QED) is 0.401. The highest BCUT2D eigenvalue weighted by molar-refractivity contribution is 6.02. The molecule has 0 radical (unpaired) electrons. The molecule has 3 aromatic rings. The van der Waals surface area contributed by atoms with Crippen LogP contribution in [0.3, 0.4) is 0 Å². The van der Waals surface area contributed by atoms with Crippen molar-refractivity contribution in [2.75, 3.05) is 19.0 Å². The van der Waals surface area contributed by atoms with Crippen molar-refractivity contribution in [3.05, 3.63) is 76.2 Å². The van der Waals surface area contributed by atoms with E-state index in [4.69, 9.17) is 9.47 Å². The van der Waals surface area contributed by atoms with Gasteiger partial charge in [0, 0.05) is 13.1 Å². The van der Waals surface area contributed by atoms with Crippen LogP contribution < -0.4 is 20.3 Å². The number of hydrogen-bond donors (Lipinski definition) is 1. The van der Waals surface area contributed by atoms with Gasteiger partial charge in [-0.1, -0.05) is 37.6 Å². The fraction of sp³-hybridized carbons (Fsp3) is 0.280. The summed E-state index contributed by atoms with van der Waals surface area (Å²) >= 11 is 0. The number of anilines is 1. The van der Waals surface area contributed by atoms with Crippen molar-refractivity contribution in [1.29, 1.82) is 0 Å². The van der Waals surface area contributed by atoms with Crippen molar-refractivity contribution >= 4 is 17.7 Å². The average molecular weight is 436 g/mol. The van der Waals surface area contributed by atoms with Gasteiger partial charge in [-0.2, -0.15) is 0 Å². The van der Waals surface area contributed by atoms with Crippen molar-refractivity contribution in [1.82, 2.24) is 9.36 Å². The molecule has 0 fully saturated rings. The first-order valence-corrected chi connectivity index (χ1v) is 10.6. The molecule has 0 aliphatic rings. The lowest BCUT2D eigenvalue weighted by Gasteiger charge is -2.10. The zero-order chi connectivity index (χ0) is 23.1. The monoisotopic (exact) mass is 435 g/mol. The van der Waals surface area contributed by atoms with Gasteiger partial charge < -0.3 is 14.8 Å². The van der Waals surface area contributed by atoms with Crippen LogP contribution in [-0.2, 0) is 11.8 Å². The third-order valence-corrected chi connectivity index (χ3v) is 5.17. The summed E-state index contributed by atoms with van der Waals surface area (Å²) < 4.78 is 14.4. The number of methoxy groups -OCH3 is 1. The van der Waals surface area contributed by atoms with Gasteiger partial charge in [0.25, 0.3) is 5.56 Å². The number of para-hydroxylation sites is 1. The van der Waals surface area contributed by atoms with Gasteiger partial charge in [-0.05, 0) is 49.2 Å². The first kappa shape index (κ1) is 22.9. The van der Waals surface area contributed by atoms with Crippen molar-refractivity contribution in [2.45, 2.75) is 26.7 Å². The number of nitrogens with zero attached hydrogens (tertiary/aromatic N) is 2. The van der Waals surface area contributed by atoms with E-state index in [1.807, 2.05) is 42.5 Å². The molecule has 0 unspecified atom stereocenters. The fourth-order valence-corrected chi connectivity index (χ4v) is 3.28. The highest BCUT2D eigenvalue weighted by atomic mass is 16.5. The Morgan fingerprint density at radius 1 is 1.12 bits per heavy atom. The lowest BCUT2D eigenvalue weighted by Crippen LogP contribution is -2.22. The third kappa shape index (κ3) is 5.11. The number of nitrogens with one attached hydrogen (secondary N) is 1. The molecular weight excluding hydrogens is 406 g/mol.